The Bertz CT molecular complexity index is 810. The van der Waals surface area contributed by atoms with E-state index in [1.54, 1.807) is 4.90 Å². The summed E-state index contributed by atoms with van der Waals surface area (Å²) in [6, 6.07) is 17.2. The second-order valence-corrected chi connectivity index (χ2v) is 8.52. The lowest BCUT2D eigenvalue weighted by Crippen LogP contribution is -2.34. The highest BCUT2D eigenvalue weighted by molar-refractivity contribution is 5.96. The van der Waals surface area contributed by atoms with Crippen LogP contribution in [0.4, 0.5) is 16.2 Å². The molecule has 2 aromatic rings. The van der Waals surface area contributed by atoms with Crippen molar-refractivity contribution in [2.24, 2.45) is 5.41 Å². The third-order valence-corrected chi connectivity index (χ3v) is 4.83. The molecule has 5 nitrogen and oxygen atoms in total. The summed E-state index contributed by atoms with van der Waals surface area (Å²) >= 11 is 0. The molecule has 2 N–H and O–H groups in total. The van der Waals surface area contributed by atoms with Gasteiger partial charge in [-0.3, -0.25) is 4.79 Å². The van der Waals surface area contributed by atoms with Crippen LogP contribution in [0.25, 0.3) is 0 Å². The maximum Gasteiger partial charge on any atom is 0.319 e. The highest BCUT2D eigenvalue weighted by Gasteiger charge is 2.23. The molecule has 1 aliphatic heterocycles. The Balaban J connectivity index is 1.65. The number of benzene rings is 2. The van der Waals surface area contributed by atoms with E-state index in [2.05, 4.69) is 31.4 Å². The van der Waals surface area contributed by atoms with E-state index < -0.39 is 0 Å². The number of nitrogens with one attached hydrogen (secondary N) is 2. The third kappa shape index (κ3) is 5.35. The zero-order valence-electron chi connectivity index (χ0n) is 16.9. The van der Waals surface area contributed by atoms with Crippen molar-refractivity contribution in [2.45, 2.75) is 46.1 Å². The number of nitrogens with zero attached hydrogens (tertiary/aromatic N) is 1. The van der Waals surface area contributed by atoms with Gasteiger partial charge >= 0.3 is 6.03 Å². The van der Waals surface area contributed by atoms with Gasteiger partial charge in [-0.05, 0) is 48.1 Å². The normalized spacial score (nSPS) is 15.4. The molecule has 5 heteroatoms. The van der Waals surface area contributed by atoms with E-state index in [-0.39, 0.29) is 23.4 Å². The zero-order chi connectivity index (χ0) is 20.1. The van der Waals surface area contributed by atoms with E-state index in [1.807, 2.05) is 54.6 Å². The van der Waals surface area contributed by atoms with Gasteiger partial charge in [0.05, 0.1) is 6.04 Å². The Labute approximate surface area is 167 Å². The van der Waals surface area contributed by atoms with Gasteiger partial charge in [-0.25, -0.2) is 4.79 Å². The fourth-order valence-corrected chi connectivity index (χ4v) is 3.52. The summed E-state index contributed by atoms with van der Waals surface area (Å²) in [7, 11) is 0. The van der Waals surface area contributed by atoms with Crippen molar-refractivity contribution in [2.75, 3.05) is 16.8 Å². The van der Waals surface area contributed by atoms with Crippen molar-refractivity contribution in [3.8, 4) is 0 Å². The number of urea groups is 1. The molecule has 2 aromatic carbocycles. The van der Waals surface area contributed by atoms with Gasteiger partial charge in [-0.2, -0.15) is 0 Å². The lowest BCUT2D eigenvalue weighted by Gasteiger charge is -2.27. The molecule has 1 unspecified atom stereocenters. The van der Waals surface area contributed by atoms with Crippen LogP contribution in [0.5, 0.6) is 0 Å². The first-order valence-corrected chi connectivity index (χ1v) is 9.85. The second-order valence-electron chi connectivity index (χ2n) is 8.52. The number of carbonyl (C=O) groups is 2. The number of rotatable bonds is 5. The van der Waals surface area contributed by atoms with Gasteiger partial charge < -0.3 is 15.5 Å². The summed E-state index contributed by atoms with van der Waals surface area (Å²) in [6.07, 6.45) is 2.34. The summed E-state index contributed by atoms with van der Waals surface area (Å²) in [5, 5.41) is 6.00. The fourth-order valence-electron chi connectivity index (χ4n) is 3.52. The molecule has 0 bridgehead atoms. The Kier molecular flexibility index (Phi) is 6.02. The van der Waals surface area contributed by atoms with Crippen LogP contribution in [0.1, 0.15) is 51.6 Å². The average molecular weight is 380 g/mol. The van der Waals surface area contributed by atoms with Crippen LogP contribution in [0.3, 0.4) is 0 Å². The van der Waals surface area contributed by atoms with Crippen LogP contribution in [-0.2, 0) is 4.79 Å². The van der Waals surface area contributed by atoms with Gasteiger partial charge in [0, 0.05) is 24.3 Å². The van der Waals surface area contributed by atoms with Crippen LogP contribution in [0, 0.1) is 5.41 Å². The minimum Gasteiger partial charge on any atom is -0.331 e. The van der Waals surface area contributed by atoms with E-state index in [0.717, 1.165) is 30.6 Å². The van der Waals surface area contributed by atoms with E-state index >= 15 is 0 Å². The van der Waals surface area contributed by atoms with Crippen molar-refractivity contribution < 1.29 is 9.59 Å². The summed E-state index contributed by atoms with van der Waals surface area (Å²) < 4.78 is 0. The summed E-state index contributed by atoms with van der Waals surface area (Å²) in [4.78, 5) is 26.2. The molecule has 1 heterocycles. The summed E-state index contributed by atoms with van der Waals surface area (Å²) in [6.45, 7) is 7.26. The standard InChI is InChI=1S/C23H29N3O2/c1-23(2,3)16-20(17-8-5-4-6-9-17)25-22(28)24-18-11-13-19(14-12-18)26-15-7-10-21(26)27/h4-6,8-9,11-14,20H,7,10,15-16H2,1-3H3,(H2,24,25,28). The first kappa shape index (κ1) is 19.9. The number of anilines is 2. The number of amides is 3. The molecule has 0 saturated carbocycles. The highest BCUT2D eigenvalue weighted by atomic mass is 16.2. The smallest absolute Gasteiger partial charge is 0.319 e. The fraction of sp³-hybridized carbons (Fsp3) is 0.391. The minimum absolute atomic E-state index is 0.0669. The molecule has 1 atom stereocenters. The average Bonchev–Trinajstić information content (AvgIpc) is 3.07. The van der Waals surface area contributed by atoms with Crippen molar-refractivity contribution in [1.82, 2.24) is 5.32 Å². The van der Waals surface area contributed by atoms with Gasteiger partial charge in [0.2, 0.25) is 5.91 Å². The molecule has 0 spiro atoms. The van der Waals surface area contributed by atoms with Crippen LogP contribution < -0.4 is 15.5 Å². The van der Waals surface area contributed by atoms with Crippen molar-refractivity contribution >= 4 is 23.3 Å². The van der Waals surface area contributed by atoms with E-state index in [0.29, 0.717) is 12.1 Å². The summed E-state index contributed by atoms with van der Waals surface area (Å²) in [5.74, 6) is 0.159. The van der Waals surface area contributed by atoms with Gasteiger partial charge in [-0.15, -0.1) is 0 Å². The molecule has 0 aliphatic carbocycles. The zero-order valence-corrected chi connectivity index (χ0v) is 16.9. The van der Waals surface area contributed by atoms with Gasteiger partial charge in [0.25, 0.3) is 0 Å². The molecular weight excluding hydrogens is 350 g/mol. The number of hydrogen-bond acceptors (Lipinski definition) is 2. The van der Waals surface area contributed by atoms with E-state index in [9.17, 15) is 9.59 Å². The van der Waals surface area contributed by atoms with Crippen LogP contribution in [0.15, 0.2) is 54.6 Å². The lowest BCUT2D eigenvalue weighted by atomic mass is 9.85. The Morgan fingerprint density at radius 2 is 1.75 bits per heavy atom. The molecule has 1 fully saturated rings. The lowest BCUT2D eigenvalue weighted by molar-refractivity contribution is -0.117. The second kappa shape index (κ2) is 8.46. The van der Waals surface area contributed by atoms with Gasteiger partial charge in [0.1, 0.15) is 0 Å². The van der Waals surface area contributed by atoms with Crippen LogP contribution >= 0.6 is 0 Å². The van der Waals surface area contributed by atoms with Crippen molar-refractivity contribution in [3.05, 3.63) is 60.2 Å². The largest absolute Gasteiger partial charge is 0.331 e. The van der Waals surface area contributed by atoms with Crippen molar-refractivity contribution in [1.29, 1.82) is 0 Å². The van der Waals surface area contributed by atoms with E-state index in [4.69, 9.17) is 0 Å². The molecule has 1 aliphatic rings. The quantitative estimate of drug-likeness (QED) is 0.758. The van der Waals surface area contributed by atoms with Crippen molar-refractivity contribution in [3.63, 3.8) is 0 Å². The van der Waals surface area contributed by atoms with Crippen LogP contribution in [-0.4, -0.2) is 18.5 Å². The SMILES string of the molecule is CC(C)(C)CC(NC(=O)Nc1ccc(N2CCCC2=O)cc1)c1ccccc1. The maximum absolute atomic E-state index is 12.6. The first-order chi connectivity index (χ1) is 13.3. The highest BCUT2D eigenvalue weighted by Crippen LogP contribution is 2.29. The molecule has 28 heavy (non-hydrogen) atoms. The Morgan fingerprint density at radius 1 is 1.07 bits per heavy atom. The molecule has 0 radical (unpaired) electrons. The topological polar surface area (TPSA) is 61.4 Å². The predicted molar refractivity (Wildman–Crippen MR) is 113 cm³/mol. The molecule has 1 saturated heterocycles. The number of carbonyl (C=O) groups excluding carboxylic acids is 2. The van der Waals surface area contributed by atoms with Gasteiger partial charge in [-0.1, -0.05) is 51.1 Å². The molecule has 0 aromatic heterocycles. The monoisotopic (exact) mass is 379 g/mol. The minimum atomic E-state index is -0.233. The van der Waals surface area contributed by atoms with Gasteiger partial charge in [0.15, 0.2) is 0 Å². The Hall–Kier alpha value is -2.82. The maximum atomic E-state index is 12.6. The molecule has 3 amide bonds. The molecule has 3 rings (SSSR count). The molecule has 148 valence electrons. The third-order valence-electron chi connectivity index (χ3n) is 4.83. The Morgan fingerprint density at radius 3 is 2.32 bits per heavy atom. The summed E-state index contributed by atoms with van der Waals surface area (Å²) in [5.41, 5.74) is 2.76. The predicted octanol–water partition coefficient (Wildman–Crippen LogP) is 5.11. The molecular formula is C23H29N3O2. The van der Waals surface area contributed by atoms with Crippen LogP contribution in [0.2, 0.25) is 0 Å². The first-order valence-electron chi connectivity index (χ1n) is 9.85. The van der Waals surface area contributed by atoms with E-state index in [1.165, 1.54) is 0 Å². The number of hydrogen-bond donors (Lipinski definition) is 2.